The number of nitriles is 1. The Morgan fingerprint density at radius 1 is 1.30 bits per heavy atom. The molecule has 0 saturated heterocycles. The van der Waals surface area contributed by atoms with Crippen molar-refractivity contribution < 1.29 is 13.9 Å². The van der Waals surface area contributed by atoms with Crippen LogP contribution in [0.2, 0.25) is 0 Å². The standard InChI is InChI=1S/C24H27N5O3S/c1-17(22(30)26-24(16-25)11-4-3-5-12-24)33-23-28-27-21(18-8-6-9-19(14-18)31-2)29(23)15-20-10-7-13-32-20/h6-10,13-14,17H,3-5,11-12,15H2,1-2H3,(H,26,30). The van der Waals surface area contributed by atoms with E-state index in [-0.39, 0.29) is 5.91 Å². The lowest BCUT2D eigenvalue weighted by molar-refractivity contribution is -0.121. The van der Waals surface area contributed by atoms with E-state index in [2.05, 4.69) is 21.6 Å². The minimum atomic E-state index is -0.766. The maximum absolute atomic E-state index is 13.0. The van der Waals surface area contributed by atoms with Gasteiger partial charge in [-0.25, -0.2) is 0 Å². The number of carbonyl (C=O) groups is 1. The summed E-state index contributed by atoms with van der Waals surface area (Å²) in [6.45, 7) is 2.25. The number of ether oxygens (including phenoxy) is 1. The van der Waals surface area contributed by atoms with Gasteiger partial charge in [0.05, 0.1) is 31.2 Å². The molecule has 1 atom stereocenters. The highest BCUT2D eigenvalue weighted by Gasteiger charge is 2.35. The van der Waals surface area contributed by atoms with E-state index in [1.165, 1.54) is 11.8 Å². The molecule has 2 heterocycles. The van der Waals surface area contributed by atoms with Gasteiger partial charge in [-0.05, 0) is 44.0 Å². The van der Waals surface area contributed by atoms with E-state index in [4.69, 9.17) is 9.15 Å². The molecule has 1 aliphatic rings. The summed E-state index contributed by atoms with van der Waals surface area (Å²) in [5, 5.41) is 21.7. The molecule has 1 saturated carbocycles. The lowest BCUT2D eigenvalue weighted by Gasteiger charge is -2.32. The van der Waals surface area contributed by atoms with Crippen molar-refractivity contribution >= 4 is 17.7 Å². The number of rotatable bonds is 8. The first-order valence-electron chi connectivity index (χ1n) is 11.0. The van der Waals surface area contributed by atoms with Crippen molar-refractivity contribution in [3.63, 3.8) is 0 Å². The smallest absolute Gasteiger partial charge is 0.234 e. The van der Waals surface area contributed by atoms with Crippen molar-refractivity contribution in [2.45, 2.75) is 61.5 Å². The molecule has 1 aliphatic carbocycles. The second-order valence-electron chi connectivity index (χ2n) is 8.21. The third-order valence-electron chi connectivity index (χ3n) is 5.87. The van der Waals surface area contributed by atoms with E-state index in [0.29, 0.717) is 30.4 Å². The second-order valence-corrected chi connectivity index (χ2v) is 9.52. The Kier molecular flexibility index (Phi) is 7.04. The number of nitrogens with one attached hydrogen (secondary N) is 1. The SMILES string of the molecule is COc1cccc(-c2nnc(SC(C)C(=O)NC3(C#N)CCCCC3)n2Cc2ccco2)c1. The average Bonchev–Trinajstić information content (AvgIpc) is 3.50. The second kappa shape index (κ2) is 10.1. The highest BCUT2D eigenvalue weighted by atomic mass is 32.2. The summed E-state index contributed by atoms with van der Waals surface area (Å²) in [4.78, 5) is 13.0. The van der Waals surface area contributed by atoms with Gasteiger partial charge in [-0.15, -0.1) is 10.2 Å². The van der Waals surface area contributed by atoms with E-state index in [9.17, 15) is 10.1 Å². The fraction of sp³-hybridized carbons (Fsp3) is 0.417. The number of thioether (sulfide) groups is 1. The molecule has 0 radical (unpaired) electrons. The van der Waals surface area contributed by atoms with Gasteiger partial charge >= 0.3 is 0 Å². The van der Waals surface area contributed by atoms with Crippen LogP contribution in [0.25, 0.3) is 11.4 Å². The monoisotopic (exact) mass is 465 g/mol. The summed E-state index contributed by atoms with van der Waals surface area (Å²) in [6.07, 6.45) is 6.03. The summed E-state index contributed by atoms with van der Waals surface area (Å²) in [5.41, 5.74) is 0.0839. The van der Waals surface area contributed by atoms with Crippen molar-refractivity contribution in [3.8, 4) is 23.2 Å². The number of hydrogen-bond donors (Lipinski definition) is 1. The molecule has 0 spiro atoms. The normalized spacial score (nSPS) is 16.0. The molecule has 1 fully saturated rings. The number of furan rings is 1. The maximum Gasteiger partial charge on any atom is 0.234 e. The number of amides is 1. The van der Waals surface area contributed by atoms with Crippen LogP contribution in [0, 0.1) is 11.3 Å². The lowest BCUT2D eigenvalue weighted by Crippen LogP contribution is -2.51. The molecule has 3 aromatic rings. The molecular weight excluding hydrogens is 438 g/mol. The first kappa shape index (κ1) is 22.9. The van der Waals surface area contributed by atoms with Gasteiger partial charge in [0.15, 0.2) is 11.0 Å². The Hall–Kier alpha value is -3.25. The first-order valence-corrected chi connectivity index (χ1v) is 11.9. The molecule has 9 heteroatoms. The van der Waals surface area contributed by atoms with Crippen LogP contribution in [0.3, 0.4) is 0 Å². The molecule has 172 valence electrons. The van der Waals surface area contributed by atoms with Gasteiger partial charge in [0.2, 0.25) is 5.91 Å². The Bertz CT molecular complexity index is 1130. The summed E-state index contributed by atoms with van der Waals surface area (Å²) < 4.78 is 12.8. The van der Waals surface area contributed by atoms with E-state index in [1.807, 2.05) is 47.9 Å². The Labute approximate surface area is 197 Å². The highest BCUT2D eigenvalue weighted by Crippen LogP contribution is 2.31. The van der Waals surface area contributed by atoms with Gasteiger partial charge < -0.3 is 14.5 Å². The number of aromatic nitrogens is 3. The summed E-state index contributed by atoms with van der Waals surface area (Å²) in [7, 11) is 1.62. The zero-order valence-corrected chi connectivity index (χ0v) is 19.6. The van der Waals surface area contributed by atoms with E-state index >= 15 is 0 Å². The molecule has 1 aromatic carbocycles. The van der Waals surface area contributed by atoms with Crippen molar-refractivity contribution in [2.75, 3.05) is 7.11 Å². The quantitative estimate of drug-likeness (QED) is 0.491. The van der Waals surface area contributed by atoms with Crippen LogP contribution in [0.4, 0.5) is 0 Å². The number of hydrogen-bond acceptors (Lipinski definition) is 7. The fourth-order valence-electron chi connectivity index (χ4n) is 4.02. The molecule has 1 unspecified atom stereocenters. The minimum absolute atomic E-state index is 0.168. The fourth-order valence-corrected chi connectivity index (χ4v) is 4.87. The van der Waals surface area contributed by atoms with E-state index in [0.717, 1.165) is 36.3 Å². The molecule has 2 aromatic heterocycles. The molecule has 4 rings (SSSR count). The Morgan fingerprint density at radius 3 is 2.82 bits per heavy atom. The van der Waals surface area contributed by atoms with Gasteiger partial charge in [-0.1, -0.05) is 43.2 Å². The number of carbonyl (C=O) groups excluding carboxylic acids is 1. The van der Waals surface area contributed by atoms with Crippen LogP contribution < -0.4 is 10.1 Å². The molecule has 8 nitrogen and oxygen atoms in total. The topological polar surface area (TPSA) is 106 Å². The average molecular weight is 466 g/mol. The Balaban J connectivity index is 1.58. The van der Waals surface area contributed by atoms with Crippen molar-refractivity contribution in [2.24, 2.45) is 0 Å². The van der Waals surface area contributed by atoms with Gasteiger partial charge in [0.25, 0.3) is 0 Å². The van der Waals surface area contributed by atoms with Crippen molar-refractivity contribution in [1.82, 2.24) is 20.1 Å². The predicted octanol–water partition coefficient (Wildman–Crippen LogP) is 4.42. The third kappa shape index (κ3) is 5.22. The van der Waals surface area contributed by atoms with Crippen LogP contribution in [-0.4, -0.2) is 38.6 Å². The number of methoxy groups -OCH3 is 1. The van der Waals surface area contributed by atoms with Gasteiger partial charge in [-0.2, -0.15) is 5.26 Å². The maximum atomic E-state index is 13.0. The van der Waals surface area contributed by atoms with Gasteiger partial charge in [0.1, 0.15) is 17.0 Å². The Morgan fingerprint density at radius 2 is 2.12 bits per heavy atom. The molecule has 1 N–H and O–H groups in total. The van der Waals surface area contributed by atoms with Gasteiger partial charge in [0, 0.05) is 5.56 Å². The molecular formula is C24H27N5O3S. The zero-order chi connectivity index (χ0) is 23.3. The largest absolute Gasteiger partial charge is 0.497 e. The molecule has 0 aliphatic heterocycles. The molecule has 1 amide bonds. The van der Waals surface area contributed by atoms with Crippen molar-refractivity contribution in [3.05, 3.63) is 48.4 Å². The van der Waals surface area contributed by atoms with Gasteiger partial charge in [-0.3, -0.25) is 9.36 Å². The van der Waals surface area contributed by atoms with Crippen LogP contribution >= 0.6 is 11.8 Å². The van der Waals surface area contributed by atoms with Crippen LogP contribution in [-0.2, 0) is 11.3 Å². The highest BCUT2D eigenvalue weighted by molar-refractivity contribution is 8.00. The summed E-state index contributed by atoms with van der Waals surface area (Å²) >= 11 is 1.32. The van der Waals surface area contributed by atoms with Crippen LogP contribution in [0.1, 0.15) is 44.8 Å². The molecule has 33 heavy (non-hydrogen) atoms. The summed E-state index contributed by atoms with van der Waals surface area (Å²) in [5.74, 6) is 1.96. The van der Waals surface area contributed by atoms with E-state index in [1.54, 1.807) is 13.4 Å². The minimum Gasteiger partial charge on any atom is -0.497 e. The third-order valence-corrected chi connectivity index (χ3v) is 6.95. The van der Waals surface area contributed by atoms with Crippen molar-refractivity contribution in [1.29, 1.82) is 5.26 Å². The van der Waals surface area contributed by atoms with Crippen LogP contribution in [0.15, 0.2) is 52.2 Å². The van der Waals surface area contributed by atoms with Crippen LogP contribution in [0.5, 0.6) is 5.75 Å². The molecule has 0 bridgehead atoms. The predicted molar refractivity (Wildman–Crippen MR) is 125 cm³/mol. The number of benzene rings is 1. The first-order chi connectivity index (χ1) is 16.0. The zero-order valence-electron chi connectivity index (χ0n) is 18.8. The summed E-state index contributed by atoms with van der Waals surface area (Å²) in [6, 6.07) is 13.7. The number of nitrogens with zero attached hydrogens (tertiary/aromatic N) is 4. The lowest BCUT2D eigenvalue weighted by atomic mass is 9.83. The van der Waals surface area contributed by atoms with E-state index < -0.39 is 10.8 Å².